The molecule has 0 aromatic carbocycles. The molecule has 0 N–H and O–H groups in total. The van der Waals surface area contributed by atoms with Gasteiger partial charge >= 0.3 is 0 Å². The minimum atomic E-state index is 0.360. The Labute approximate surface area is 80.3 Å². The Bertz CT molecular complexity index is 271. The van der Waals surface area contributed by atoms with E-state index in [2.05, 4.69) is 4.99 Å². The maximum atomic E-state index is 8.69. The van der Waals surface area contributed by atoms with E-state index in [1.54, 1.807) is 6.21 Å². The van der Waals surface area contributed by atoms with Crippen LogP contribution >= 0.6 is 0 Å². The fraction of sp³-hybridized carbons (Fsp3) is 0.455. The van der Waals surface area contributed by atoms with Gasteiger partial charge in [-0.15, -0.1) is 0 Å². The molecule has 0 aromatic heterocycles. The molecule has 0 aromatic rings. The molecule has 0 radical (unpaired) electrons. The lowest BCUT2D eigenvalue weighted by Gasteiger charge is -1.93. The molecule has 0 saturated carbocycles. The molecule has 0 atom stereocenters. The quantitative estimate of drug-likeness (QED) is 0.481. The Morgan fingerprint density at radius 1 is 1.38 bits per heavy atom. The van der Waals surface area contributed by atoms with Gasteiger partial charge in [-0.1, -0.05) is 19.4 Å². The second-order valence-corrected chi connectivity index (χ2v) is 3.43. The molecular weight excluding hydrogens is 160 g/mol. The molecule has 13 heavy (non-hydrogen) atoms. The average molecular weight is 176 g/mol. The summed E-state index contributed by atoms with van der Waals surface area (Å²) in [7, 11) is 0. The number of allylic oxidation sites excluding steroid dienone is 4. The number of nitrogens with zero attached hydrogens (tertiary/aromatic N) is 2. The van der Waals surface area contributed by atoms with Crippen LogP contribution in [-0.2, 0) is 0 Å². The molecule has 2 heteroatoms. The standard InChI is InChI=1S/C11H16N2/c1-9(2)5-6-13-11(8-12)7-10(3)4/h5-7,10H,1-4H3/b11-7-,13-6?. The van der Waals surface area contributed by atoms with Crippen LogP contribution in [0.1, 0.15) is 27.7 Å². The topological polar surface area (TPSA) is 36.1 Å². The van der Waals surface area contributed by atoms with E-state index in [9.17, 15) is 0 Å². The minimum Gasteiger partial charge on any atom is -0.246 e. The van der Waals surface area contributed by atoms with Crippen molar-refractivity contribution in [3.63, 3.8) is 0 Å². The van der Waals surface area contributed by atoms with Gasteiger partial charge in [-0.05, 0) is 31.9 Å². The third kappa shape index (κ3) is 7.02. The van der Waals surface area contributed by atoms with Crippen LogP contribution in [-0.4, -0.2) is 6.21 Å². The number of rotatable bonds is 3. The van der Waals surface area contributed by atoms with Crippen LogP contribution in [0, 0.1) is 17.2 Å². The highest BCUT2D eigenvalue weighted by Gasteiger charge is 1.91. The number of nitriles is 1. The van der Waals surface area contributed by atoms with E-state index >= 15 is 0 Å². The highest BCUT2D eigenvalue weighted by atomic mass is 14.7. The van der Waals surface area contributed by atoms with E-state index < -0.39 is 0 Å². The Hall–Kier alpha value is -1.36. The predicted molar refractivity (Wildman–Crippen MR) is 56.5 cm³/mol. The molecule has 70 valence electrons. The lowest BCUT2D eigenvalue weighted by atomic mass is 10.2. The van der Waals surface area contributed by atoms with Crippen molar-refractivity contribution in [2.24, 2.45) is 10.9 Å². The van der Waals surface area contributed by atoms with Gasteiger partial charge in [0.15, 0.2) is 0 Å². The van der Waals surface area contributed by atoms with Gasteiger partial charge in [0.05, 0.1) is 0 Å². The van der Waals surface area contributed by atoms with Crippen molar-refractivity contribution >= 4 is 6.21 Å². The molecule has 0 spiro atoms. The predicted octanol–water partition coefficient (Wildman–Crippen LogP) is 3.09. The molecule has 0 aliphatic rings. The SMILES string of the molecule is CC(C)=CC=N/C(C#N)=C\C(C)C. The van der Waals surface area contributed by atoms with Gasteiger partial charge in [0, 0.05) is 6.21 Å². The molecule has 0 saturated heterocycles. The van der Waals surface area contributed by atoms with E-state index in [-0.39, 0.29) is 0 Å². The first kappa shape index (κ1) is 11.6. The zero-order chi connectivity index (χ0) is 10.3. The summed E-state index contributed by atoms with van der Waals surface area (Å²) >= 11 is 0. The highest BCUT2D eigenvalue weighted by molar-refractivity contribution is 5.73. The van der Waals surface area contributed by atoms with Crippen LogP contribution < -0.4 is 0 Å². The summed E-state index contributed by atoms with van der Waals surface area (Å²) in [5, 5.41) is 8.69. The van der Waals surface area contributed by atoms with E-state index in [0.717, 1.165) is 0 Å². The maximum Gasteiger partial charge on any atom is 0.136 e. The zero-order valence-corrected chi connectivity index (χ0v) is 8.70. The Kier molecular flexibility index (Phi) is 5.54. The van der Waals surface area contributed by atoms with Crippen molar-refractivity contribution in [2.75, 3.05) is 0 Å². The third-order valence-corrected chi connectivity index (χ3v) is 1.23. The van der Waals surface area contributed by atoms with E-state index in [0.29, 0.717) is 11.6 Å². The van der Waals surface area contributed by atoms with Crippen LogP contribution in [0.4, 0.5) is 0 Å². The second kappa shape index (κ2) is 6.19. The number of hydrogen-bond acceptors (Lipinski definition) is 2. The molecule has 0 amide bonds. The summed E-state index contributed by atoms with van der Waals surface area (Å²) in [6, 6.07) is 2.04. The fourth-order valence-electron chi connectivity index (χ4n) is 0.692. The van der Waals surface area contributed by atoms with Crippen LogP contribution in [0.2, 0.25) is 0 Å². The molecule has 0 unspecified atom stereocenters. The third-order valence-electron chi connectivity index (χ3n) is 1.23. The fourth-order valence-corrected chi connectivity index (χ4v) is 0.692. The van der Waals surface area contributed by atoms with Gasteiger partial charge in [-0.25, -0.2) is 4.99 Å². The van der Waals surface area contributed by atoms with Gasteiger partial charge in [-0.2, -0.15) is 5.26 Å². The molecule has 0 heterocycles. The summed E-state index contributed by atoms with van der Waals surface area (Å²) in [5.74, 6) is 0.360. The maximum absolute atomic E-state index is 8.69. The number of aliphatic imine (C=N–C) groups is 1. The van der Waals surface area contributed by atoms with Crippen molar-refractivity contribution in [3.05, 3.63) is 23.4 Å². The summed E-state index contributed by atoms with van der Waals surface area (Å²) in [6.45, 7) is 8.02. The van der Waals surface area contributed by atoms with Crippen molar-refractivity contribution in [1.29, 1.82) is 5.26 Å². The normalized spacial score (nSPS) is 11.8. The van der Waals surface area contributed by atoms with Crippen molar-refractivity contribution < 1.29 is 0 Å². The minimum absolute atomic E-state index is 0.360. The smallest absolute Gasteiger partial charge is 0.136 e. The average Bonchev–Trinajstić information content (AvgIpc) is 2.01. The lowest BCUT2D eigenvalue weighted by molar-refractivity contribution is 0.824. The van der Waals surface area contributed by atoms with Crippen LogP contribution in [0.3, 0.4) is 0 Å². The molecule has 0 bridgehead atoms. The first-order chi connectivity index (χ1) is 6.06. The summed E-state index contributed by atoms with van der Waals surface area (Å²) in [6.07, 6.45) is 5.38. The summed E-state index contributed by atoms with van der Waals surface area (Å²) in [4.78, 5) is 4.02. The largest absolute Gasteiger partial charge is 0.246 e. The van der Waals surface area contributed by atoms with Gasteiger partial charge in [0.2, 0.25) is 0 Å². The summed E-state index contributed by atoms with van der Waals surface area (Å²) in [5.41, 5.74) is 1.65. The molecular formula is C11H16N2. The summed E-state index contributed by atoms with van der Waals surface area (Å²) < 4.78 is 0. The van der Waals surface area contributed by atoms with E-state index in [1.807, 2.05) is 45.9 Å². The van der Waals surface area contributed by atoms with Gasteiger partial charge in [-0.3, -0.25) is 0 Å². The Morgan fingerprint density at radius 3 is 2.38 bits per heavy atom. The Balaban J connectivity index is 4.41. The Morgan fingerprint density at radius 2 is 2.00 bits per heavy atom. The zero-order valence-electron chi connectivity index (χ0n) is 8.70. The molecule has 0 fully saturated rings. The molecule has 2 nitrogen and oxygen atoms in total. The van der Waals surface area contributed by atoms with Crippen molar-refractivity contribution in [2.45, 2.75) is 27.7 Å². The van der Waals surface area contributed by atoms with Crippen LogP contribution in [0.15, 0.2) is 28.4 Å². The van der Waals surface area contributed by atoms with Gasteiger partial charge in [0.1, 0.15) is 11.8 Å². The lowest BCUT2D eigenvalue weighted by Crippen LogP contribution is -1.82. The molecule has 0 rings (SSSR count). The van der Waals surface area contributed by atoms with Gasteiger partial charge in [0.25, 0.3) is 0 Å². The molecule has 0 aliphatic heterocycles. The van der Waals surface area contributed by atoms with E-state index in [4.69, 9.17) is 5.26 Å². The second-order valence-electron chi connectivity index (χ2n) is 3.43. The first-order valence-corrected chi connectivity index (χ1v) is 4.35. The van der Waals surface area contributed by atoms with Crippen LogP contribution in [0.25, 0.3) is 0 Å². The van der Waals surface area contributed by atoms with E-state index in [1.165, 1.54) is 5.57 Å². The van der Waals surface area contributed by atoms with Crippen LogP contribution in [0.5, 0.6) is 0 Å². The monoisotopic (exact) mass is 176 g/mol. The highest BCUT2D eigenvalue weighted by Crippen LogP contribution is 2.02. The molecule has 0 aliphatic carbocycles. The first-order valence-electron chi connectivity index (χ1n) is 4.35. The van der Waals surface area contributed by atoms with Crippen molar-refractivity contribution in [3.8, 4) is 6.07 Å². The van der Waals surface area contributed by atoms with Gasteiger partial charge < -0.3 is 0 Å². The number of hydrogen-bond donors (Lipinski definition) is 0. The van der Waals surface area contributed by atoms with Crippen molar-refractivity contribution in [1.82, 2.24) is 0 Å².